The van der Waals surface area contributed by atoms with Gasteiger partial charge in [0.2, 0.25) is 11.8 Å². The maximum atomic E-state index is 12.7. The van der Waals surface area contributed by atoms with Crippen molar-refractivity contribution in [2.45, 2.75) is 0 Å². The summed E-state index contributed by atoms with van der Waals surface area (Å²) in [6.07, 6.45) is 3.23. The van der Waals surface area contributed by atoms with Gasteiger partial charge in [0, 0.05) is 6.07 Å². The van der Waals surface area contributed by atoms with Crippen LogP contribution in [0.4, 0.5) is 4.39 Å². The molecule has 1 heterocycles. The Morgan fingerprint density at radius 1 is 1.27 bits per heavy atom. The first kappa shape index (κ1) is 9.28. The van der Waals surface area contributed by atoms with Crippen molar-refractivity contribution >= 4 is 0 Å². The number of ether oxygens (including phenoxy) is 1. The molecule has 1 aromatic rings. The van der Waals surface area contributed by atoms with Gasteiger partial charge in [-0.15, -0.1) is 0 Å². The van der Waals surface area contributed by atoms with Gasteiger partial charge in [0.05, 0.1) is 5.70 Å². The summed E-state index contributed by atoms with van der Waals surface area (Å²) in [4.78, 5) is 3.54. The van der Waals surface area contributed by atoms with E-state index in [1.807, 2.05) is 0 Å². The Hall–Kier alpha value is -2.28. The lowest BCUT2D eigenvalue weighted by Gasteiger charge is -2.03. The van der Waals surface area contributed by atoms with E-state index in [0.29, 0.717) is 11.5 Å². The molecule has 0 aliphatic heterocycles. The summed E-state index contributed by atoms with van der Waals surface area (Å²) in [5, 5.41) is 0. The number of nitrogens with zero attached hydrogens (tertiary/aromatic N) is 1. The van der Waals surface area contributed by atoms with Crippen molar-refractivity contribution in [1.29, 1.82) is 0 Å². The monoisotopic (exact) mass is 202 g/mol. The average molecular weight is 202 g/mol. The predicted molar refractivity (Wildman–Crippen MR) is 52.2 cm³/mol. The van der Waals surface area contributed by atoms with Crippen LogP contribution in [0, 0.1) is 5.95 Å². The first-order chi connectivity index (χ1) is 7.24. The zero-order chi connectivity index (χ0) is 10.7. The van der Waals surface area contributed by atoms with E-state index >= 15 is 0 Å². The average Bonchev–Trinajstić information content (AvgIpc) is 2.22. The highest BCUT2D eigenvalue weighted by Gasteiger charge is 2.01. The van der Waals surface area contributed by atoms with Crippen molar-refractivity contribution in [3.8, 4) is 5.88 Å². The molecule has 1 aliphatic rings. The second kappa shape index (κ2) is 3.84. The fourth-order valence-electron chi connectivity index (χ4n) is 1.00. The van der Waals surface area contributed by atoms with Crippen LogP contribution in [0.1, 0.15) is 0 Å². The lowest BCUT2D eigenvalue weighted by Crippen LogP contribution is -1.98. The fraction of sp³-hybridized carbons (Fsp3) is 0. The SMILES string of the molecule is NC1=C=C=C(Oc2cccc(F)n2)C=C1. The number of pyridine rings is 1. The number of rotatable bonds is 2. The number of allylic oxidation sites excluding steroid dienone is 2. The maximum Gasteiger partial charge on any atom is 0.222 e. The first-order valence-corrected chi connectivity index (χ1v) is 4.24. The number of hydrogen-bond acceptors (Lipinski definition) is 3. The van der Waals surface area contributed by atoms with Gasteiger partial charge in [-0.05, 0) is 29.7 Å². The molecular weight excluding hydrogens is 195 g/mol. The van der Waals surface area contributed by atoms with Crippen molar-refractivity contribution < 1.29 is 9.13 Å². The minimum absolute atomic E-state index is 0.171. The van der Waals surface area contributed by atoms with E-state index in [-0.39, 0.29) is 5.88 Å². The molecule has 0 aromatic carbocycles. The van der Waals surface area contributed by atoms with Crippen molar-refractivity contribution in [1.82, 2.24) is 4.98 Å². The van der Waals surface area contributed by atoms with E-state index in [2.05, 4.69) is 16.4 Å². The second-order valence-electron chi connectivity index (χ2n) is 2.80. The van der Waals surface area contributed by atoms with Gasteiger partial charge in [-0.1, -0.05) is 6.07 Å². The Labute approximate surface area is 85.7 Å². The topological polar surface area (TPSA) is 48.1 Å². The van der Waals surface area contributed by atoms with E-state index < -0.39 is 5.95 Å². The summed E-state index contributed by atoms with van der Waals surface area (Å²) in [7, 11) is 0. The summed E-state index contributed by atoms with van der Waals surface area (Å²) < 4.78 is 17.9. The standard InChI is InChI=1S/C11H7FN2O/c12-10-2-1-3-11(14-10)15-9-6-4-8(13)5-7-9/h1-4,6H,13H2. The third-order valence-electron chi connectivity index (χ3n) is 1.65. The highest BCUT2D eigenvalue weighted by molar-refractivity contribution is 5.29. The molecule has 0 saturated heterocycles. The Bertz CT molecular complexity index is 521. The molecule has 1 aromatic heterocycles. The summed E-state index contributed by atoms with van der Waals surface area (Å²) in [5.74, 6) is -0.0290. The van der Waals surface area contributed by atoms with Crippen LogP contribution in [-0.2, 0) is 0 Å². The molecule has 0 atom stereocenters. The molecule has 4 heteroatoms. The molecule has 0 fully saturated rings. The maximum absolute atomic E-state index is 12.7. The van der Waals surface area contributed by atoms with E-state index in [1.54, 1.807) is 18.2 Å². The van der Waals surface area contributed by atoms with E-state index in [4.69, 9.17) is 10.5 Å². The van der Waals surface area contributed by atoms with Gasteiger partial charge in [-0.3, -0.25) is 0 Å². The quantitative estimate of drug-likeness (QED) is 0.586. The highest BCUT2D eigenvalue weighted by Crippen LogP contribution is 2.12. The van der Waals surface area contributed by atoms with E-state index in [0.717, 1.165) is 0 Å². The molecule has 0 saturated carbocycles. The summed E-state index contributed by atoms with van der Waals surface area (Å²) >= 11 is 0. The molecule has 1 aliphatic carbocycles. The molecule has 0 unspecified atom stereocenters. The van der Waals surface area contributed by atoms with Crippen LogP contribution in [0.3, 0.4) is 0 Å². The number of halogens is 1. The van der Waals surface area contributed by atoms with Gasteiger partial charge < -0.3 is 10.5 Å². The van der Waals surface area contributed by atoms with E-state index in [9.17, 15) is 4.39 Å². The lowest BCUT2D eigenvalue weighted by molar-refractivity contribution is 0.414. The Kier molecular flexibility index (Phi) is 2.38. The smallest absolute Gasteiger partial charge is 0.222 e. The van der Waals surface area contributed by atoms with Crippen LogP contribution < -0.4 is 10.5 Å². The van der Waals surface area contributed by atoms with Crippen LogP contribution in [0.25, 0.3) is 0 Å². The molecule has 0 amide bonds. The van der Waals surface area contributed by atoms with Crippen molar-refractivity contribution in [3.63, 3.8) is 0 Å². The predicted octanol–water partition coefficient (Wildman–Crippen LogP) is 1.65. The number of aromatic nitrogens is 1. The van der Waals surface area contributed by atoms with Crippen LogP contribution in [0.15, 0.2) is 53.3 Å². The van der Waals surface area contributed by atoms with E-state index in [1.165, 1.54) is 12.1 Å². The normalized spacial score (nSPS) is 13.4. The lowest BCUT2D eigenvalue weighted by atomic mass is 10.3. The van der Waals surface area contributed by atoms with Crippen LogP contribution >= 0.6 is 0 Å². The molecular formula is C11H7FN2O. The van der Waals surface area contributed by atoms with Gasteiger partial charge in [-0.2, -0.15) is 9.37 Å². The Morgan fingerprint density at radius 2 is 2.13 bits per heavy atom. The highest BCUT2D eigenvalue weighted by atomic mass is 19.1. The van der Waals surface area contributed by atoms with Crippen LogP contribution in [0.5, 0.6) is 5.88 Å². The third-order valence-corrected chi connectivity index (χ3v) is 1.65. The number of hydrogen-bond donors (Lipinski definition) is 1. The molecule has 15 heavy (non-hydrogen) atoms. The molecule has 2 N–H and O–H groups in total. The summed E-state index contributed by atoms with van der Waals surface area (Å²) in [5.41, 5.74) is 11.2. The first-order valence-electron chi connectivity index (χ1n) is 4.24. The fourth-order valence-corrected chi connectivity index (χ4v) is 1.00. The van der Waals surface area contributed by atoms with Crippen molar-refractivity contribution in [2.24, 2.45) is 5.73 Å². The number of nitrogens with two attached hydrogens (primary N) is 1. The molecule has 2 rings (SSSR count). The molecule has 0 radical (unpaired) electrons. The molecule has 0 bridgehead atoms. The van der Waals surface area contributed by atoms with Crippen molar-refractivity contribution in [3.05, 3.63) is 59.2 Å². The van der Waals surface area contributed by atoms with Crippen LogP contribution in [-0.4, -0.2) is 4.98 Å². The zero-order valence-electron chi connectivity index (χ0n) is 7.70. The minimum Gasteiger partial charge on any atom is -0.430 e. The molecule has 3 nitrogen and oxygen atoms in total. The van der Waals surface area contributed by atoms with Crippen molar-refractivity contribution in [2.75, 3.05) is 0 Å². The molecule has 74 valence electrons. The van der Waals surface area contributed by atoms with Gasteiger partial charge in [-0.25, -0.2) is 0 Å². The van der Waals surface area contributed by atoms with Crippen LogP contribution in [0.2, 0.25) is 0 Å². The van der Waals surface area contributed by atoms with Gasteiger partial charge in [0.1, 0.15) is 0 Å². The van der Waals surface area contributed by atoms with Gasteiger partial charge in [0.15, 0.2) is 5.76 Å². The summed E-state index contributed by atoms with van der Waals surface area (Å²) in [6, 6.07) is 4.30. The zero-order valence-corrected chi connectivity index (χ0v) is 7.70. The Balaban J connectivity index is 2.25. The minimum atomic E-state index is -0.591. The third kappa shape index (κ3) is 2.35. The van der Waals surface area contributed by atoms with Gasteiger partial charge >= 0.3 is 0 Å². The summed E-state index contributed by atoms with van der Waals surface area (Å²) in [6.45, 7) is 0. The molecule has 0 spiro atoms. The second-order valence-corrected chi connectivity index (χ2v) is 2.80. The van der Waals surface area contributed by atoms with Gasteiger partial charge in [0.25, 0.3) is 0 Å². The largest absolute Gasteiger partial charge is 0.430 e. The Morgan fingerprint density at radius 3 is 2.80 bits per heavy atom.